The molecule has 0 saturated carbocycles. The van der Waals surface area contributed by atoms with Gasteiger partial charge in [-0.05, 0) is 36.4 Å². The second-order valence-electron chi connectivity index (χ2n) is 4.23. The first kappa shape index (κ1) is 22.3. The fourth-order valence-corrected chi connectivity index (χ4v) is 1.36. The summed E-state index contributed by atoms with van der Waals surface area (Å²) in [7, 11) is 0. The van der Waals surface area contributed by atoms with E-state index < -0.39 is 0 Å². The third-order valence-electron chi connectivity index (χ3n) is 2.40. The van der Waals surface area contributed by atoms with E-state index >= 15 is 0 Å². The van der Waals surface area contributed by atoms with Gasteiger partial charge in [-0.15, -0.1) is 0 Å². The predicted octanol–water partition coefficient (Wildman–Crippen LogP) is 4.13. The predicted molar refractivity (Wildman–Crippen MR) is 103 cm³/mol. The minimum atomic E-state index is 0. The van der Waals surface area contributed by atoms with E-state index in [2.05, 4.69) is 0 Å². The highest BCUT2D eigenvalue weighted by molar-refractivity contribution is 5.37. The molecule has 0 fully saturated rings. The Hall–Kier alpha value is -3.02. The molecule has 12 N–H and O–H groups in total. The van der Waals surface area contributed by atoms with Gasteiger partial charge in [0.25, 0.3) is 0 Å². The Bertz CT molecular complexity index is 496. The van der Waals surface area contributed by atoms with Gasteiger partial charge in [0.2, 0.25) is 0 Å². The number of hydrogen-bond acceptors (Lipinski definition) is 5. The number of anilines is 3. The number of para-hydroxylation sites is 3. The van der Waals surface area contributed by atoms with Crippen molar-refractivity contribution in [2.75, 3.05) is 17.2 Å². The van der Waals surface area contributed by atoms with Gasteiger partial charge in [-0.2, -0.15) is 0 Å². The summed E-state index contributed by atoms with van der Waals surface area (Å²) < 4.78 is 0. The average Bonchev–Trinajstić information content (AvgIpc) is 2.51. The zero-order chi connectivity index (χ0) is 15.3. The van der Waals surface area contributed by atoms with Crippen molar-refractivity contribution in [1.82, 2.24) is 12.3 Å². The smallest absolute Gasteiger partial charge is 0.0313 e. The molecule has 0 saturated heterocycles. The van der Waals surface area contributed by atoms with E-state index in [4.69, 9.17) is 17.2 Å². The van der Waals surface area contributed by atoms with Gasteiger partial charge in [0, 0.05) is 17.1 Å². The van der Waals surface area contributed by atoms with E-state index in [1.807, 2.05) is 91.0 Å². The molecule has 0 atom stereocenters. The Morgan fingerprint density at radius 2 is 0.522 bits per heavy atom. The summed E-state index contributed by atoms with van der Waals surface area (Å²) in [5.41, 5.74) is 18.5. The number of nitrogen functional groups attached to an aromatic ring is 3. The molecule has 0 amide bonds. The second kappa shape index (κ2) is 13.9. The third kappa shape index (κ3) is 12.4. The molecule has 0 aliphatic rings. The number of hydrogen-bond donors (Lipinski definition) is 5. The van der Waals surface area contributed by atoms with Crippen molar-refractivity contribution in [3.63, 3.8) is 0 Å². The van der Waals surface area contributed by atoms with Crippen molar-refractivity contribution in [2.45, 2.75) is 0 Å². The SMILES string of the molecule is N.N.Nc1ccccc1.Nc1ccccc1.Nc1ccccc1. The van der Waals surface area contributed by atoms with Crippen LogP contribution in [0.3, 0.4) is 0 Å². The van der Waals surface area contributed by atoms with Crippen LogP contribution in [0.4, 0.5) is 17.1 Å². The summed E-state index contributed by atoms with van der Waals surface area (Å²) in [6.45, 7) is 0. The maximum Gasteiger partial charge on any atom is 0.0313 e. The van der Waals surface area contributed by atoms with Crippen molar-refractivity contribution in [3.05, 3.63) is 91.0 Å². The van der Waals surface area contributed by atoms with Crippen LogP contribution in [-0.4, -0.2) is 0 Å². The monoisotopic (exact) mass is 313 g/mol. The lowest BCUT2D eigenvalue weighted by Crippen LogP contribution is -1.79. The van der Waals surface area contributed by atoms with Crippen molar-refractivity contribution < 1.29 is 0 Å². The molecule has 5 nitrogen and oxygen atoms in total. The van der Waals surface area contributed by atoms with Crippen LogP contribution in [0, 0.1) is 0 Å². The molecular weight excluding hydrogens is 286 g/mol. The fourth-order valence-electron chi connectivity index (χ4n) is 1.36. The van der Waals surface area contributed by atoms with E-state index in [9.17, 15) is 0 Å². The maximum absolute atomic E-state index is 5.36. The van der Waals surface area contributed by atoms with Crippen molar-refractivity contribution >= 4 is 17.1 Å². The molecule has 0 radical (unpaired) electrons. The Morgan fingerprint density at radius 3 is 0.609 bits per heavy atom. The maximum atomic E-state index is 5.36. The topological polar surface area (TPSA) is 148 Å². The van der Waals surface area contributed by atoms with Gasteiger partial charge in [0.1, 0.15) is 0 Å². The summed E-state index contributed by atoms with van der Waals surface area (Å²) in [4.78, 5) is 0. The summed E-state index contributed by atoms with van der Waals surface area (Å²) in [6.07, 6.45) is 0. The molecule has 23 heavy (non-hydrogen) atoms. The van der Waals surface area contributed by atoms with Gasteiger partial charge in [0.15, 0.2) is 0 Å². The lowest BCUT2D eigenvalue weighted by atomic mass is 10.3. The second-order valence-corrected chi connectivity index (χ2v) is 4.23. The van der Waals surface area contributed by atoms with Crippen molar-refractivity contribution in [3.8, 4) is 0 Å². The number of rotatable bonds is 0. The van der Waals surface area contributed by atoms with Gasteiger partial charge in [-0.25, -0.2) is 0 Å². The molecule has 0 aliphatic carbocycles. The largest absolute Gasteiger partial charge is 0.399 e. The average molecular weight is 313 g/mol. The van der Waals surface area contributed by atoms with E-state index in [0.717, 1.165) is 17.1 Å². The lowest BCUT2D eigenvalue weighted by molar-refractivity contribution is 1.69. The highest BCUT2D eigenvalue weighted by Crippen LogP contribution is 1.97. The molecule has 5 heteroatoms. The van der Waals surface area contributed by atoms with Crippen LogP contribution in [0.5, 0.6) is 0 Å². The zero-order valence-electron chi connectivity index (χ0n) is 13.3. The van der Waals surface area contributed by atoms with Crippen LogP contribution in [0.2, 0.25) is 0 Å². The molecule has 0 spiro atoms. The molecule has 0 aliphatic heterocycles. The number of benzene rings is 3. The van der Waals surface area contributed by atoms with Crippen LogP contribution < -0.4 is 29.5 Å². The van der Waals surface area contributed by atoms with E-state index in [1.165, 1.54) is 0 Å². The molecule has 3 aromatic rings. The van der Waals surface area contributed by atoms with Crippen LogP contribution in [0.1, 0.15) is 0 Å². The molecular formula is C18H27N5. The third-order valence-corrected chi connectivity index (χ3v) is 2.40. The summed E-state index contributed by atoms with van der Waals surface area (Å²) in [5, 5.41) is 0. The van der Waals surface area contributed by atoms with Gasteiger partial charge >= 0.3 is 0 Å². The molecule has 0 bridgehead atoms. The van der Waals surface area contributed by atoms with Gasteiger partial charge in [-0.3, -0.25) is 0 Å². The minimum Gasteiger partial charge on any atom is -0.399 e. The van der Waals surface area contributed by atoms with E-state index in [1.54, 1.807) is 0 Å². The van der Waals surface area contributed by atoms with Crippen molar-refractivity contribution in [1.29, 1.82) is 0 Å². The first-order valence-corrected chi connectivity index (χ1v) is 6.60. The van der Waals surface area contributed by atoms with Gasteiger partial charge < -0.3 is 29.5 Å². The van der Waals surface area contributed by atoms with Crippen LogP contribution in [0.25, 0.3) is 0 Å². The van der Waals surface area contributed by atoms with E-state index in [0.29, 0.717) is 0 Å². The standard InChI is InChI=1S/3C6H7N.2H3N/c3*7-6-4-2-1-3-5-6;;/h3*1-5H,7H2;2*1H3. The van der Waals surface area contributed by atoms with Crippen molar-refractivity contribution in [2.24, 2.45) is 0 Å². The zero-order valence-corrected chi connectivity index (χ0v) is 13.3. The van der Waals surface area contributed by atoms with Gasteiger partial charge in [-0.1, -0.05) is 54.6 Å². The van der Waals surface area contributed by atoms with Crippen LogP contribution >= 0.6 is 0 Å². The summed E-state index contributed by atoms with van der Waals surface area (Å²) in [6, 6.07) is 28.5. The molecule has 3 rings (SSSR count). The normalized spacial score (nSPS) is 7.83. The first-order valence-electron chi connectivity index (χ1n) is 6.60. The quantitative estimate of drug-likeness (QED) is 0.396. The highest BCUT2D eigenvalue weighted by atomic mass is 14.5. The highest BCUT2D eigenvalue weighted by Gasteiger charge is 1.73. The summed E-state index contributed by atoms with van der Waals surface area (Å²) in [5.74, 6) is 0. The van der Waals surface area contributed by atoms with Crippen LogP contribution in [-0.2, 0) is 0 Å². The number of nitrogens with two attached hydrogens (primary N) is 3. The Labute approximate surface area is 138 Å². The molecule has 0 heterocycles. The fraction of sp³-hybridized carbons (Fsp3) is 0. The molecule has 3 aromatic carbocycles. The Kier molecular flexibility index (Phi) is 13.5. The summed E-state index contributed by atoms with van der Waals surface area (Å²) >= 11 is 0. The lowest BCUT2D eigenvalue weighted by Gasteiger charge is -1.83. The Balaban J connectivity index is 0. The minimum absolute atomic E-state index is 0. The Morgan fingerprint density at radius 1 is 0.348 bits per heavy atom. The molecule has 0 aromatic heterocycles. The molecule has 124 valence electrons. The van der Waals surface area contributed by atoms with Crippen LogP contribution in [0.15, 0.2) is 91.0 Å². The molecule has 0 unspecified atom stereocenters. The van der Waals surface area contributed by atoms with E-state index in [-0.39, 0.29) is 12.3 Å². The van der Waals surface area contributed by atoms with Gasteiger partial charge in [0.05, 0.1) is 0 Å². The first-order chi connectivity index (χ1) is 10.2.